The third-order valence-electron chi connectivity index (χ3n) is 5.15. The number of fused-ring (bicyclic) bond motifs is 1. The second-order valence-electron chi connectivity index (χ2n) is 7.17. The third kappa shape index (κ3) is 4.58. The van der Waals surface area contributed by atoms with Crippen LogP contribution in [0.5, 0.6) is 17.2 Å². The van der Waals surface area contributed by atoms with E-state index < -0.39 is 22.6 Å². The summed E-state index contributed by atoms with van der Waals surface area (Å²) in [5.41, 5.74) is 1.81. The molecule has 174 valence electrons. The number of rotatable bonds is 7. The van der Waals surface area contributed by atoms with Crippen LogP contribution >= 0.6 is 0 Å². The number of halogens is 1. The first kappa shape index (κ1) is 23.3. The van der Waals surface area contributed by atoms with Crippen molar-refractivity contribution in [2.45, 2.75) is 4.90 Å². The Balaban J connectivity index is 1.75. The lowest BCUT2D eigenvalue weighted by molar-refractivity contribution is -0.134. The van der Waals surface area contributed by atoms with Gasteiger partial charge in [-0.05, 0) is 65.7 Å². The summed E-state index contributed by atoms with van der Waals surface area (Å²) in [5, 5.41) is 0. The number of benzene rings is 3. The molecule has 34 heavy (non-hydrogen) atoms. The molecule has 0 amide bonds. The number of hydrogen-bond donors (Lipinski definition) is 0. The van der Waals surface area contributed by atoms with Gasteiger partial charge in [0.25, 0.3) is 0 Å². The highest BCUT2D eigenvalue weighted by Crippen LogP contribution is 2.44. The van der Waals surface area contributed by atoms with Gasteiger partial charge in [0.05, 0.1) is 41.9 Å². The molecule has 0 bridgehead atoms. The molecular formula is C26H21FO6S. The number of carbonyl (C=O) groups is 1. The summed E-state index contributed by atoms with van der Waals surface area (Å²) in [6, 6.07) is 16.6. The van der Waals surface area contributed by atoms with Crippen LogP contribution in [0.15, 0.2) is 71.6 Å². The molecule has 3 aromatic carbocycles. The Morgan fingerprint density at radius 3 is 2.29 bits per heavy atom. The number of carbonyl (C=O) groups excluding carboxylic acids is 1. The van der Waals surface area contributed by atoms with Gasteiger partial charge < -0.3 is 18.9 Å². The van der Waals surface area contributed by atoms with Crippen LogP contribution in [0.4, 0.5) is 4.39 Å². The minimum absolute atomic E-state index is 0.0883. The van der Waals surface area contributed by atoms with Crippen molar-refractivity contribution >= 4 is 33.5 Å². The molecule has 0 fully saturated rings. The maximum Gasteiger partial charge on any atom is 0.330 e. The molecule has 1 aliphatic rings. The minimum atomic E-state index is -1.63. The van der Waals surface area contributed by atoms with Crippen LogP contribution < -0.4 is 14.2 Å². The predicted molar refractivity (Wildman–Crippen MR) is 127 cm³/mol. The molecule has 0 radical (unpaired) electrons. The summed E-state index contributed by atoms with van der Waals surface area (Å²) < 4.78 is 49.0. The second kappa shape index (κ2) is 9.93. The second-order valence-corrected chi connectivity index (χ2v) is 8.55. The molecule has 4 rings (SSSR count). The molecule has 1 heterocycles. The number of hydrogen-bond acceptors (Lipinski definition) is 6. The molecule has 0 saturated heterocycles. The fourth-order valence-corrected chi connectivity index (χ4v) is 4.90. The van der Waals surface area contributed by atoms with Crippen LogP contribution in [0.3, 0.4) is 0 Å². The van der Waals surface area contributed by atoms with Crippen molar-refractivity contribution < 1.29 is 32.3 Å². The summed E-state index contributed by atoms with van der Waals surface area (Å²) in [7, 11) is 2.59. The number of ether oxygens (including phenoxy) is 4. The van der Waals surface area contributed by atoms with E-state index in [-0.39, 0.29) is 5.75 Å². The van der Waals surface area contributed by atoms with Crippen LogP contribution in [0.2, 0.25) is 0 Å². The number of esters is 1. The lowest BCUT2D eigenvalue weighted by Crippen LogP contribution is -1.98. The molecule has 1 aliphatic heterocycles. The van der Waals surface area contributed by atoms with Crippen molar-refractivity contribution in [2.24, 2.45) is 0 Å². The largest absolute Gasteiger partial charge is 0.497 e. The topological polar surface area (TPSA) is 71.1 Å². The summed E-state index contributed by atoms with van der Waals surface area (Å²) in [5.74, 6) is 0.456. The molecule has 0 aliphatic carbocycles. The van der Waals surface area contributed by atoms with Crippen molar-refractivity contribution in [2.75, 3.05) is 21.3 Å². The summed E-state index contributed by atoms with van der Waals surface area (Å²) in [6.07, 6.45) is 2.94. The average molecular weight is 481 g/mol. The zero-order valence-electron chi connectivity index (χ0n) is 18.7. The lowest BCUT2D eigenvalue weighted by atomic mass is 10.1. The Morgan fingerprint density at radius 2 is 1.65 bits per heavy atom. The summed E-state index contributed by atoms with van der Waals surface area (Å²) in [4.78, 5) is 12.2. The van der Waals surface area contributed by atoms with E-state index in [0.717, 1.165) is 5.56 Å². The molecule has 8 heteroatoms. The van der Waals surface area contributed by atoms with Crippen molar-refractivity contribution in [1.82, 2.24) is 0 Å². The van der Waals surface area contributed by atoms with E-state index in [1.165, 1.54) is 39.5 Å². The van der Waals surface area contributed by atoms with Gasteiger partial charge in [0.1, 0.15) is 11.5 Å². The first-order valence-electron chi connectivity index (χ1n) is 10.2. The fraction of sp³-hybridized carbons (Fsp3) is 0.115. The summed E-state index contributed by atoms with van der Waals surface area (Å²) >= 11 is 0. The Hall–Kier alpha value is -3.91. The zero-order valence-corrected chi connectivity index (χ0v) is 19.5. The number of methoxy groups -OCH3 is 3. The minimum Gasteiger partial charge on any atom is -0.497 e. The van der Waals surface area contributed by atoms with Gasteiger partial charge in [-0.1, -0.05) is 12.1 Å². The third-order valence-corrected chi connectivity index (χ3v) is 6.68. The molecule has 1 unspecified atom stereocenters. The average Bonchev–Trinajstić information content (AvgIpc) is 3.13. The van der Waals surface area contributed by atoms with E-state index in [2.05, 4.69) is 4.74 Å². The Labute approximate surface area is 198 Å². The Bertz CT molecular complexity index is 1330. The standard InChI is InChI=1S/C26H21FO6S/c1-30-19-10-11-20-23(15-19)34(29)26(17-7-12-22(31-2)21(27)14-17)25(20)33-18-8-4-16(5-9-18)6-13-24(28)32-3/h4-15H,1-3H3/b13-6+. The lowest BCUT2D eigenvalue weighted by Gasteiger charge is -2.11. The molecule has 1 atom stereocenters. The van der Waals surface area contributed by atoms with E-state index in [4.69, 9.17) is 14.2 Å². The van der Waals surface area contributed by atoms with Gasteiger partial charge >= 0.3 is 5.97 Å². The van der Waals surface area contributed by atoms with Crippen LogP contribution in [0.1, 0.15) is 16.7 Å². The van der Waals surface area contributed by atoms with Crippen LogP contribution in [0.25, 0.3) is 16.7 Å². The first-order valence-corrected chi connectivity index (χ1v) is 11.3. The highest BCUT2D eigenvalue weighted by molar-refractivity contribution is 7.95. The molecular weight excluding hydrogens is 459 g/mol. The van der Waals surface area contributed by atoms with E-state index >= 15 is 0 Å². The van der Waals surface area contributed by atoms with Crippen LogP contribution in [-0.4, -0.2) is 31.5 Å². The van der Waals surface area contributed by atoms with E-state index in [1.54, 1.807) is 54.6 Å². The van der Waals surface area contributed by atoms with Crippen molar-refractivity contribution in [1.29, 1.82) is 0 Å². The van der Waals surface area contributed by atoms with Gasteiger partial charge in [-0.15, -0.1) is 0 Å². The van der Waals surface area contributed by atoms with Gasteiger partial charge in [0.15, 0.2) is 17.3 Å². The Morgan fingerprint density at radius 1 is 0.912 bits per heavy atom. The monoisotopic (exact) mass is 480 g/mol. The fourth-order valence-electron chi connectivity index (χ4n) is 3.43. The van der Waals surface area contributed by atoms with E-state index in [1.807, 2.05) is 0 Å². The molecule has 0 spiro atoms. The highest BCUT2D eigenvalue weighted by atomic mass is 32.2. The predicted octanol–water partition coefficient (Wildman–Crippen LogP) is 5.06. The molecule has 0 aromatic heterocycles. The van der Waals surface area contributed by atoms with Gasteiger partial charge in [-0.2, -0.15) is 0 Å². The Kier molecular flexibility index (Phi) is 6.79. The van der Waals surface area contributed by atoms with Crippen molar-refractivity contribution in [3.63, 3.8) is 0 Å². The highest BCUT2D eigenvalue weighted by Gasteiger charge is 2.32. The smallest absolute Gasteiger partial charge is 0.330 e. The van der Waals surface area contributed by atoms with Gasteiger partial charge in [-0.25, -0.2) is 13.4 Å². The molecule has 0 saturated carbocycles. The van der Waals surface area contributed by atoms with Crippen LogP contribution in [0, 0.1) is 5.82 Å². The van der Waals surface area contributed by atoms with Gasteiger partial charge in [-0.3, -0.25) is 0 Å². The molecule has 6 nitrogen and oxygen atoms in total. The van der Waals surface area contributed by atoms with Crippen molar-refractivity contribution in [3.8, 4) is 17.2 Å². The zero-order chi connectivity index (χ0) is 24.2. The molecule has 3 aromatic rings. The summed E-state index contributed by atoms with van der Waals surface area (Å²) in [6.45, 7) is 0. The molecule has 0 N–H and O–H groups in total. The first-order chi connectivity index (χ1) is 16.4. The maximum absolute atomic E-state index is 14.5. The normalized spacial score (nSPS) is 14.8. The van der Waals surface area contributed by atoms with Gasteiger partial charge in [0, 0.05) is 11.6 Å². The maximum atomic E-state index is 14.5. The van der Waals surface area contributed by atoms with E-state index in [9.17, 15) is 13.4 Å². The SMILES string of the molecule is COC(=O)/C=C/c1ccc(OC2=C(c3ccc(OC)c(F)c3)S(=O)c3cc(OC)ccc32)cc1. The van der Waals surface area contributed by atoms with Crippen molar-refractivity contribution in [3.05, 3.63) is 89.2 Å². The van der Waals surface area contributed by atoms with Gasteiger partial charge in [0.2, 0.25) is 0 Å². The quantitative estimate of drug-likeness (QED) is 0.348. The van der Waals surface area contributed by atoms with E-state index in [0.29, 0.717) is 38.2 Å². The van der Waals surface area contributed by atoms with Crippen LogP contribution in [-0.2, 0) is 20.3 Å².